The summed E-state index contributed by atoms with van der Waals surface area (Å²) in [5.74, 6) is -0.324. The Bertz CT molecular complexity index is 416. The first-order valence-electron chi connectivity index (χ1n) is 9.77. The third-order valence-corrected chi connectivity index (χ3v) is 5.96. The summed E-state index contributed by atoms with van der Waals surface area (Å²) < 4.78 is 12.0. The van der Waals surface area contributed by atoms with Gasteiger partial charge in [-0.1, -0.05) is 12.8 Å². The highest BCUT2D eigenvalue weighted by atomic mass is 16.7. The molecule has 0 saturated carbocycles. The Labute approximate surface area is 149 Å². The molecule has 25 heavy (non-hydrogen) atoms. The molecule has 3 heterocycles. The Hall–Kier alpha value is -0.280. The van der Waals surface area contributed by atoms with E-state index in [2.05, 4.69) is 5.32 Å². The number of hydrogen-bond acceptors (Lipinski definition) is 7. The van der Waals surface area contributed by atoms with Crippen molar-refractivity contribution in [3.8, 4) is 0 Å². The van der Waals surface area contributed by atoms with Crippen LogP contribution in [0.3, 0.4) is 0 Å². The lowest BCUT2D eigenvalue weighted by molar-refractivity contribution is -0.258. The SMILES string of the molecule is OCC1NC(C(O)CCCCC2CCCC3(CCCO3)O2)C(O)C1O. The van der Waals surface area contributed by atoms with Crippen molar-refractivity contribution in [1.82, 2.24) is 5.32 Å². The van der Waals surface area contributed by atoms with E-state index in [1.54, 1.807) is 0 Å². The monoisotopic (exact) mass is 359 g/mol. The van der Waals surface area contributed by atoms with Crippen LogP contribution in [0.5, 0.6) is 0 Å². The van der Waals surface area contributed by atoms with E-state index in [0.29, 0.717) is 6.42 Å². The van der Waals surface area contributed by atoms with E-state index in [9.17, 15) is 15.3 Å². The van der Waals surface area contributed by atoms with E-state index in [1.807, 2.05) is 0 Å². The molecule has 0 aromatic carbocycles. The van der Waals surface area contributed by atoms with Crippen LogP contribution in [-0.4, -0.2) is 75.9 Å². The second kappa shape index (κ2) is 8.61. The average molecular weight is 359 g/mol. The van der Waals surface area contributed by atoms with Crippen molar-refractivity contribution in [2.45, 2.75) is 100 Å². The Morgan fingerprint density at radius 2 is 1.92 bits per heavy atom. The van der Waals surface area contributed by atoms with E-state index < -0.39 is 30.4 Å². The van der Waals surface area contributed by atoms with Crippen LogP contribution in [0.25, 0.3) is 0 Å². The zero-order chi connectivity index (χ0) is 17.9. The van der Waals surface area contributed by atoms with Gasteiger partial charge in [-0.15, -0.1) is 0 Å². The molecule has 146 valence electrons. The number of nitrogens with one attached hydrogen (secondary N) is 1. The highest BCUT2D eigenvalue weighted by Crippen LogP contribution is 2.38. The topological polar surface area (TPSA) is 111 Å². The average Bonchev–Trinajstić information content (AvgIpc) is 3.17. The number of rotatable bonds is 7. The Morgan fingerprint density at radius 1 is 1.12 bits per heavy atom. The van der Waals surface area contributed by atoms with Crippen molar-refractivity contribution in [3.05, 3.63) is 0 Å². The molecule has 3 aliphatic heterocycles. The van der Waals surface area contributed by atoms with E-state index in [1.165, 1.54) is 0 Å². The third kappa shape index (κ3) is 4.53. The number of aliphatic hydroxyl groups is 4. The Kier molecular flexibility index (Phi) is 6.71. The van der Waals surface area contributed by atoms with Crippen LogP contribution >= 0.6 is 0 Å². The molecule has 3 saturated heterocycles. The highest BCUT2D eigenvalue weighted by molar-refractivity contribution is 5.00. The van der Waals surface area contributed by atoms with E-state index in [0.717, 1.165) is 58.0 Å². The van der Waals surface area contributed by atoms with Gasteiger partial charge in [0.1, 0.15) is 0 Å². The van der Waals surface area contributed by atoms with Gasteiger partial charge in [0.25, 0.3) is 0 Å². The largest absolute Gasteiger partial charge is 0.395 e. The minimum absolute atomic E-state index is 0.236. The van der Waals surface area contributed by atoms with Gasteiger partial charge in [-0.2, -0.15) is 0 Å². The molecule has 0 aliphatic carbocycles. The summed E-state index contributed by atoms with van der Waals surface area (Å²) in [5, 5.41) is 42.2. The number of unbranched alkanes of at least 4 members (excludes halogenated alkanes) is 1. The van der Waals surface area contributed by atoms with Crippen LogP contribution < -0.4 is 5.32 Å². The van der Waals surface area contributed by atoms with Crippen LogP contribution in [0.2, 0.25) is 0 Å². The van der Waals surface area contributed by atoms with Gasteiger partial charge in [0, 0.05) is 12.8 Å². The molecule has 0 bridgehead atoms. The van der Waals surface area contributed by atoms with E-state index in [4.69, 9.17) is 14.6 Å². The van der Waals surface area contributed by atoms with Crippen LogP contribution in [-0.2, 0) is 9.47 Å². The van der Waals surface area contributed by atoms with Crippen LogP contribution in [0.4, 0.5) is 0 Å². The second-order valence-electron chi connectivity index (χ2n) is 7.81. The van der Waals surface area contributed by atoms with E-state index in [-0.39, 0.29) is 18.5 Å². The molecule has 5 N–H and O–H groups in total. The Balaban J connectivity index is 1.35. The van der Waals surface area contributed by atoms with Crippen molar-refractivity contribution in [2.24, 2.45) is 0 Å². The molecule has 1 spiro atoms. The minimum atomic E-state index is -1.05. The summed E-state index contributed by atoms with van der Waals surface area (Å²) in [4.78, 5) is 0. The quantitative estimate of drug-likeness (QED) is 0.408. The molecule has 3 fully saturated rings. The van der Waals surface area contributed by atoms with Gasteiger partial charge in [-0.05, 0) is 32.1 Å². The van der Waals surface area contributed by atoms with Gasteiger partial charge in [-0.3, -0.25) is 0 Å². The normalized spacial score (nSPS) is 43.0. The molecular weight excluding hydrogens is 326 g/mol. The first-order chi connectivity index (χ1) is 12.0. The lowest BCUT2D eigenvalue weighted by atomic mass is 9.95. The van der Waals surface area contributed by atoms with Crippen molar-refractivity contribution in [3.63, 3.8) is 0 Å². The van der Waals surface area contributed by atoms with Crippen molar-refractivity contribution in [1.29, 1.82) is 0 Å². The fourth-order valence-corrected chi connectivity index (χ4v) is 4.49. The van der Waals surface area contributed by atoms with Gasteiger partial charge >= 0.3 is 0 Å². The van der Waals surface area contributed by atoms with Crippen molar-refractivity contribution >= 4 is 0 Å². The maximum Gasteiger partial charge on any atom is 0.168 e. The molecule has 3 rings (SSSR count). The van der Waals surface area contributed by atoms with Crippen LogP contribution in [0.15, 0.2) is 0 Å². The standard InChI is InChI=1S/C18H33NO6/c20-11-13-16(22)17(23)15(19-13)14(21)7-2-1-5-12-6-3-8-18(25-12)9-4-10-24-18/h12-17,19-23H,1-11H2. The number of aliphatic hydroxyl groups excluding tert-OH is 4. The van der Waals surface area contributed by atoms with Gasteiger partial charge < -0.3 is 35.2 Å². The first kappa shape index (κ1) is 19.5. The molecule has 7 heteroatoms. The second-order valence-corrected chi connectivity index (χ2v) is 7.81. The summed E-state index contributed by atoms with van der Waals surface area (Å²) in [7, 11) is 0. The predicted octanol–water partition coefficient (Wildman–Crippen LogP) is 0.0380. The maximum atomic E-state index is 10.3. The summed E-state index contributed by atoms with van der Waals surface area (Å²) in [6.45, 7) is 0.542. The lowest BCUT2D eigenvalue weighted by Gasteiger charge is -2.37. The zero-order valence-corrected chi connectivity index (χ0v) is 14.8. The minimum Gasteiger partial charge on any atom is -0.395 e. The summed E-state index contributed by atoms with van der Waals surface area (Å²) in [6.07, 6.45) is 6.00. The van der Waals surface area contributed by atoms with E-state index >= 15 is 0 Å². The van der Waals surface area contributed by atoms with Gasteiger partial charge in [0.15, 0.2) is 5.79 Å². The van der Waals surface area contributed by atoms with Crippen LogP contribution in [0, 0.1) is 0 Å². The number of ether oxygens (including phenoxy) is 2. The van der Waals surface area contributed by atoms with Gasteiger partial charge in [0.05, 0.1) is 49.7 Å². The lowest BCUT2D eigenvalue weighted by Crippen LogP contribution is -2.44. The highest BCUT2D eigenvalue weighted by Gasteiger charge is 2.44. The summed E-state index contributed by atoms with van der Waals surface area (Å²) in [6, 6.07) is -1.17. The van der Waals surface area contributed by atoms with Gasteiger partial charge in [-0.25, -0.2) is 0 Å². The van der Waals surface area contributed by atoms with Gasteiger partial charge in [0.2, 0.25) is 0 Å². The summed E-state index contributed by atoms with van der Waals surface area (Å²) in [5.41, 5.74) is 0. The maximum absolute atomic E-state index is 10.3. The molecule has 0 radical (unpaired) electrons. The molecule has 0 amide bonds. The molecule has 7 atom stereocenters. The molecule has 7 nitrogen and oxygen atoms in total. The first-order valence-corrected chi connectivity index (χ1v) is 9.77. The molecular formula is C18H33NO6. The Morgan fingerprint density at radius 3 is 2.60 bits per heavy atom. The molecule has 7 unspecified atom stereocenters. The fourth-order valence-electron chi connectivity index (χ4n) is 4.49. The third-order valence-electron chi connectivity index (χ3n) is 5.96. The molecule has 3 aliphatic rings. The fraction of sp³-hybridized carbons (Fsp3) is 1.00. The van der Waals surface area contributed by atoms with Crippen molar-refractivity contribution in [2.75, 3.05) is 13.2 Å². The van der Waals surface area contributed by atoms with Crippen molar-refractivity contribution < 1.29 is 29.9 Å². The smallest absolute Gasteiger partial charge is 0.168 e. The zero-order valence-electron chi connectivity index (χ0n) is 14.8. The van der Waals surface area contributed by atoms with Crippen LogP contribution in [0.1, 0.15) is 57.8 Å². The molecule has 0 aromatic heterocycles. The number of hydrogen-bond donors (Lipinski definition) is 5. The molecule has 0 aromatic rings. The predicted molar refractivity (Wildman–Crippen MR) is 90.9 cm³/mol. The summed E-state index contributed by atoms with van der Waals surface area (Å²) >= 11 is 0.